The van der Waals surface area contributed by atoms with Crippen LogP contribution in [0.2, 0.25) is 0 Å². The normalized spacial score (nSPS) is 13.7. The Morgan fingerprint density at radius 3 is 2.52 bits per heavy atom. The second-order valence-corrected chi connectivity index (χ2v) is 5.84. The van der Waals surface area contributed by atoms with Crippen LogP contribution in [0.25, 0.3) is 6.08 Å². The van der Waals surface area contributed by atoms with Gasteiger partial charge in [0.05, 0.1) is 13.2 Å². The number of rotatable bonds is 7. The van der Waals surface area contributed by atoms with E-state index in [1.807, 2.05) is 0 Å². The lowest BCUT2D eigenvalue weighted by Gasteiger charge is -2.20. The highest BCUT2D eigenvalue weighted by Crippen LogP contribution is 2.37. The zero-order valence-corrected chi connectivity index (χ0v) is 13.4. The van der Waals surface area contributed by atoms with Crippen LogP contribution >= 0.6 is 11.8 Å². The van der Waals surface area contributed by atoms with E-state index in [0.717, 1.165) is 17.8 Å². The first-order valence-electron chi connectivity index (χ1n) is 6.57. The Kier molecular flexibility index (Phi) is 7.08. The first-order chi connectivity index (χ1) is 10.8. The number of ether oxygens (including phenoxy) is 1. The summed E-state index contributed by atoms with van der Waals surface area (Å²) in [5, 5.41) is 38.6. The monoisotopic (exact) mass is 342 g/mol. The third kappa shape index (κ3) is 5.59. The molecule has 0 heterocycles. The molecule has 1 rings (SSSR count). The van der Waals surface area contributed by atoms with E-state index in [1.165, 1.54) is 32.2 Å². The lowest BCUT2D eigenvalue weighted by molar-refractivity contribution is -0.131. The SMILES string of the molecule is COc1cc(C=CC(=O)O)cc(C(O)C(O)CSC(C)=O)c1O. The van der Waals surface area contributed by atoms with Crippen LogP contribution in [0.3, 0.4) is 0 Å². The summed E-state index contributed by atoms with van der Waals surface area (Å²) in [6.07, 6.45) is -0.603. The van der Waals surface area contributed by atoms with Crippen molar-refractivity contribution in [2.45, 2.75) is 19.1 Å². The van der Waals surface area contributed by atoms with Crippen LogP contribution < -0.4 is 4.74 Å². The van der Waals surface area contributed by atoms with Gasteiger partial charge in [-0.15, -0.1) is 0 Å². The highest BCUT2D eigenvalue weighted by Gasteiger charge is 2.24. The number of carboxylic acids is 1. The summed E-state index contributed by atoms with van der Waals surface area (Å²) in [5.41, 5.74) is 0.341. The number of thioether (sulfide) groups is 1. The first kappa shape index (κ1) is 19.0. The van der Waals surface area contributed by atoms with E-state index < -0.39 is 18.2 Å². The number of carboxylic acid groups (broad SMARTS) is 1. The van der Waals surface area contributed by atoms with Crippen molar-refractivity contribution >= 4 is 28.9 Å². The number of phenols is 1. The van der Waals surface area contributed by atoms with Crippen LogP contribution in [-0.4, -0.2) is 50.5 Å². The number of aliphatic carboxylic acids is 1. The Labute approximate surface area is 137 Å². The maximum Gasteiger partial charge on any atom is 0.328 e. The fourth-order valence-electron chi connectivity index (χ4n) is 1.80. The molecule has 0 spiro atoms. The number of methoxy groups -OCH3 is 1. The van der Waals surface area contributed by atoms with Crippen LogP contribution in [0, 0.1) is 0 Å². The topological polar surface area (TPSA) is 124 Å². The molecule has 4 N–H and O–H groups in total. The zero-order chi connectivity index (χ0) is 17.6. The number of phenolic OH excluding ortho intramolecular Hbond substituents is 1. The lowest BCUT2D eigenvalue weighted by Crippen LogP contribution is -2.21. The summed E-state index contributed by atoms with van der Waals surface area (Å²) in [4.78, 5) is 21.5. The zero-order valence-electron chi connectivity index (χ0n) is 12.6. The minimum absolute atomic E-state index is 0.0222. The molecule has 7 nitrogen and oxygen atoms in total. The van der Waals surface area contributed by atoms with Crippen molar-refractivity contribution in [3.63, 3.8) is 0 Å². The standard InChI is InChI=1S/C15H18O7S/c1-8(16)23-7-11(17)14(20)10-5-9(3-4-13(18)19)6-12(22-2)15(10)21/h3-6,11,14,17,20-21H,7H2,1-2H3,(H,18,19). The van der Waals surface area contributed by atoms with Gasteiger partial charge >= 0.3 is 5.97 Å². The average Bonchev–Trinajstić information content (AvgIpc) is 2.50. The predicted molar refractivity (Wildman–Crippen MR) is 85.4 cm³/mol. The third-order valence-corrected chi connectivity index (χ3v) is 3.82. The fourth-order valence-corrected chi connectivity index (χ4v) is 2.39. The number of hydrogen-bond acceptors (Lipinski definition) is 7. The van der Waals surface area contributed by atoms with Crippen LogP contribution in [0.15, 0.2) is 18.2 Å². The molecule has 0 saturated heterocycles. The first-order valence-corrected chi connectivity index (χ1v) is 7.56. The molecule has 1 aromatic carbocycles. The van der Waals surface area contributed by atoms with Crippen LogP contribution in [-0.2, 0) is 9.59 Å². The van der Waals surface area contributed by atoms with Crippen LogP contribution in [0.1, 0.15) is 24.2 Å². The Morgan fingerprint density at radius 2 is 2.00 bits per heavy atom. The third-order valence-electron chi connectivity index (χ3n) is 2.91. The number of carbonyl (C=O) groups is 2. The van der Waals surface area contributed by atoms with Gasteiger partial charge in [-0.3, -0.25) is 4.79 Å². The minimum atomic E-state index is -1.46. The van der Waals surface area contributed by atoms with E-state index in [0.29, 0.717) is 5.56 Å². The number of aliphatic hydroxyl groups is 2. The summed E-state index contributed by atoms with van der Waals surface area (Å²) >= 11 is 0.843. The van der Waals surface area contributed by atoms with E-state index in [4.69, 9.17) is 9.84 Å². The molecule has 2 atom stereocenters. The van der Waals surface area contributed by atoms with Gasteiger partial charge in [0.2, 0.25) is 0 Å². The van der Waals surface area contributed by atoms with Crippen molar-refractivity contribution in [1.82, 2.24) is 0 Å². The average molecular weight is 342 g/mol. The highest BCUT2D eigenvalue weighted by atomic mass is 32.2. The Balaban J connectivity index is 3.14. The summed E-state index contributed by atoms with van der Waals surface area (Å²) in [6.45, 7) is 1.33. The molecule has 23 heavy (non-hydrogen) atoms. The van der Waals surface area contributed by atoms with Crippen LogP contribution in [0.4, 0.5) is 0 Å². The molecular weight excluding hydrogens is 324 g/mol. The molecule has 0 saturated carbocycles. The molecule has 0 amide bonds. The molecule has 0 bridgehead atoms. The Morgan fingerprint density at radius 1 is 1.35 bits per heavy atom. The minimum Gasteiger partial charge on any atom is -0.504 e. The van der Waals surface area contributed by atoms with Crippen LogP contribution in [0.5, 0.6) is 11.5 Å². The van der Waals surface area contributed by atoms with Crippen molar-refractivity contribution in [3.8, 4) is 11.5 Å². The van der Waals surface area contributed by atoms with Gasteiger partial charge in [-0.2, -0.15) is 0 Å². The van der Waals surface area contributed by atoms with Gasteiger partial charge in [0.1, 0.15) is 6.10 Å². The quantitative estimate of drug-likeness (QED) is 0.544. The number of benzene rings is 1. The summed E-state index contributed by atoms with van der Waals surface area (Å²) in [5.74, 6) is -1.54. The molecule has 0 aliphatic carbocycles. The van der Waals surface area contributed by atoms with Gasteiger partial charge in [0.15, 0.2) is 16.6 Å². The number of aliphatic hydroxyl groups excluding tert-OH is 2. The number of aromatic hydroxyl groups is 1. The maximum absolute atomic E-state index is 10.9. The van der Waals surface area contributed by atoms with Crippen molar-refractivity contribution < 1.29 is 34.8 Å². The maximum atomic E-state index is 10.9. The van der Waals surface area contributed by atoms with E-state index in [-0.39, 0.29) is 27.9 Å². The largest absolute Gasteiger partial charge is 0.504 e. The van der Waals surface area contributed by atoms with Gasteiger partial charge in [-0.25, -0.2) is 4.79 Å². The van der Waals surface area contributed by atoms with Gasteiger partial charge in [0, 0.05) is 24.3 Å². The van der Waals surface area contributed by atoms with E-state index in [1.54, 1.807) is 0 Å². The fraction of sp³-hybridized carbons (Fsp3) is 0.333. The molecular formula is C15H18O7S. The Bertz CT molecular complexity index is 612. The van der Waals surface area contributed by atoms with Crippen molar-refractivity contribution in [3.05, 3.63) is 29.3 Å². The number of hydrogen-bond donors (Lipinski definition) is 4. The lowest BCUT2D eigenvalue weighted by atomic mass is 10.0. The molecule has 0 radical (unpaired) electrons. The second kappa shape index (κ2) is 8.56. The molecule has 126 valence electrons. The summed E-state index contributed by atoms with van der Waals surface area (Å²) < 4.78 is 4.98. The molecule has 0 fully saturated rings. The van der Waals surface area contributed by atoms with Gasteiger partial charge < -0.3 is 25.2 Å². The van der Waals surface area contributed by atoms with E-state index in [2.05, 4.69) is 0 Å². The van der Waals surface area contributed by atoms with Crippen molar-refractivity contribution in [1.29, 1.82) is 0 Å². The molecule has 8 heteroatoms. The van der Waals surface area contributed by atoms with Gasteiger partial charge in [-0.1, -0.05) is 11.8 Å². The van der Waals surface area contributed by atoms with E-state index >= 15 is 0 Å². The smallest absolute Gasteiger partial charge is 0.328 e. The molecule has 0 aliphatic heterocycles. The number of carbonyl (C=O) groups excluding carboxylic acids is 1. The molecule has 0 aliphatic rings. The van der Waals surface area contributed by atoms with Gasteiger partial charge in [-0.05, 0) is 23.8 Å². The van der Waals surface area contributed by atoms with E-state index in [9.17, 15) is 24.9 Å². The highest BCUT2D eigenvalue weighted by molar-refractivity contribution is 8.13. The predicted octanol–water partition coefficient (Wildman–Crippen LogP) is 1.17. The Hall–Kier alpha value is -2.03. The van der Waals surface area contributed by atoms with Crippen molar-refractivity contribution in [2.24, 2.45) is 0 Å². The summed E-state index contributed by atoms with van der Waals surface area (Å²) in [7, 11) is 1.30. The van der Waals surface area contributed by atoms with Gasteiger partial charge in [0.25, 0.3) is 0 Å². The summed E-state index contributed by atoms with van der Waals surface area (Å²) in [6, 6.07) is 2.73. The molecule has 1 aromatic rings. The molecule has 0 aromatic heterocycles. The van der Waals surface area contributed by atoms with Crippen molar-refractivity contribution in [2.75, 3.05) is 12.9 Å². The molecule has 2 unspecified atom stereocenters. The second-order valence-electron chi connectivity index (χ2n) is 4.65.